The molecular formula is C9H9N3O2. The van der Waals surface area contributed by atoms with Crippen LogP contribution < -0.4 is 5.73 Å². The van der Waals surface area contributed by atoms with Gasteiger partial charge in [0, 0.05) is 0 Å². The molecule has 0 saturated carbocycles. The van der Waals surface area contributed by atoms with Crippen LogP contribution in [0.25, 0.3) is 11.1 Å². The predicted octanol–water partition coefficient (Wildman–Crippen LogP) is 1.07. The molecule has 1 aromatic heterocycles. The van der Waals surface area contributed by atoms with E-state index in [-0.39, 0.29) is 11.5 Å². The molecule has 0 saturated heterocycles. The molecule has 0 bridgehead atoms. The zero-order valence-corrected chi connectivity index (χ0v) is 7.23. The smallest absolute Gasteiger partial charge is 0.127 e. The lowest BCUT2D eigenvalue weighted by Gasteiger charge is -2.04. The summed E-state index contributed by atoms with van der Waals surface area (Å²) in [6.45, 7) is 0. The van der Waals surface area contributed by atoms with Crippen LogP contribution in [0.3, 0.4) is 0 Å². The lowest BCUT2D eigenvalue weighted by molar-refractivity contribution is 0.454. The Balaban J connectivity index is 2.68. The molecule has 5 N–H and O–H groups in total. The van der Waals surface area contributed by atoms with Crippen molar-refractivity contribution in [3.8, 4) is 22.6 Å². The summed E-state index contributed by atoms with van der Waals surface area (Å²) in [6.07, 6.45) is 1.45. The number of aromatic hydroxyl groups is 2. The van der Waals surface area contributed by atoms with Crippen molar-refractivity contribution >= 4 is 5.82 Å². The minimum Gasteiger partial charge on any atom is -0.507 e. The second-order valence-electron chi connectivity index (χ2n) is 2.87. The molecule has 0 aliphatic heterocycles. The van der Waals surface area contributed by atoms with Gasteiger partial charge in [-0.1, -0.05) is 6.07 Å². The second kappa shape index (κ2) is 2.95. The average molecular weight is 191 g/mol. The topological polar surface area (TPSA) is 95.2 Å². The molecule has 5 heteroatoms. The zero-order chi connectivity index (χ0) is 10.1. The van der Waals surface area contributed by atoms with E-state index in [0.717, 1.165) is 0 Å². The molecule has 2 aromatic rings. The normalized spacial score (nSPS) is 10.3. The average Bonchev–Trinajstić information content (AvgIpc) is 2.52. The Bertz CT molecular complexity index is 445. The lowest BCUT2D eigenvalue weighted by atomic mass is 10.1. The number of benzene rings is 1. The molecule has 14 heavy (non-hydrogen) atoms. The number of rotatable bonds is 1. The van der Waals surface area contributed by atoms with E-state index in [9.17, 15) is 10.2 Å². The minimum absolute atomic E-state index is 0.0295. The molecule has 5 nitrogen and oxygen atoms in total. The molecule has 2 rings (SSSR count). The van der Waals surface area contributed by atoms with Crippen LogP contribution in [0.4, 0.5) is 5.82 Å². The first-order valence-electron chi connectivity index (χ1n) is 4.00. The molecule has 0 spiro atoms. The second-order valence-corrected chi connectivity index (χ2v) is 2.87. The third kappa shape index (κ3) is 1.15. The van der Waals surface area contributed by atoms with Crippen molar-refractivity contribution in [2.75, 3.05) is 5.73 Å². The first-order chi connectivity index (χ1) is 6.70. The Morgan fingerprint density at radius 3 is 2.36 bits per heavy atom. The maximum Gasteiger partial charge on any atom is 0.127 e. The molecule has 0 unspecified atom stereocenters. The number of aromatic nitrogens is 2. The maximum absolute atomic E-state index is 9.53. The van der Waals surface area contributed by atoms with Gasteiger partial charge >= 0.3 is 0 Å². The number of nitrogens with zero attached hydrogens (tertiary/aromatic N) is 1. The Morgan fingerprint density at radius 2 is 1.86 bits per heavy atom. The van der Waals surface area contributed by atoms with Gasteiger partial charge in [0.05, 0.1) is 17.3 Å². The summed E-state index contributed by atoms with van der Waals surface area (Å²) >= 11 is 0. The van der Waals surface area contributed by atoms with Gasteiger partial charge in [-0.25, -0.2) is 0 Å². The van der Waals surface area contributed by atoms with Gasteiger partial charge in [-0.15, -0.1) is 0 Å². The van der Waals surface area contributed by atoms with E-state index in [1.807, 2.05) is 0 Å². The first-order valence-corrected chi connectivity index (χ1v) is 4.00. The number of nitrogens with one attached hydrogen (secondary N) is 1. The van der Waals surface area contributed by atoms with Gasteiger partial charge in [-0.05, 0) is 12.1 Å². The van der Waals surface area contributed by atoms with Crippen molar-refractivity contribution in [2.45, 2.75) is 0 Å². The fourth-order valence-corrected chi connectivity index (χ4v) is 1.30. The van der Waals surface area contributed by atoms with Crippen molar-refractivity contribution in [1.29, 1.82) is 0 Å². The lowest BCUT2D eigenvalue weighted by Crippen LogP contribution is -1.88. The molecule has 0 radical (unpaired) electrons. The molecule has 1 heterocycles. The van der Waals surface area contributed by atoms with Crippen LogP contribution in [0.1, 0.15) is 0 Å². The molecule has 0 aliphatic rings. The van der Waals surface area contributed by atoms with Crippen molar-refractivity contribution in [3.63, 3.8) is 0 Å². The monoisotopic (exact) mass is 191 g/mol. The van der Waals surface area contributed by atoms with Crippen molar-refractivity contribution < 1.29 is 10.2 Å². The minimum atomic E-state index is -0.0295. The molecule has 0 fully saturated rings. The Morgan fingerprint density at radius 1 is 1.21 bits per heavy atom. The largest absolute Gasteiger partial charge is 0.507 e. The van der Waals surface area contributed by atoms with Crippen molar-refractivity contribution in [1.82, 2.24) is 10.2 Å². The van der Waals surface area contributed by atoms with Crippen LogP contribution in [0.2, 0.25) is 0 Å². The summed E-state index contributed by atoms with van der Waals surface area (Å²) < 4.78 is 0. The number of phenolic OH excluding ortho intramolecular Hbond substituents is 2. The number of H-pyrrole nitrogens is 1. The van der Waals surface area contributed by atoms with Crippen LogP contribution in [0.5, 0.6) is 11.5 Å². The van der Waals surface area contributed by atoms with Gasteiger partial charge in [0.15, 0.2) is 0 Å². The van der Waals surface area contributed by atoms with Crippen LogP contribution in [0.15, 0.2) is 24.4 Å². The first kappa shape index (κ1) is 8.43. The summed E-state index contributed by atoms with van der Waals surface area (Å²) in [5, 5.41) is 25.3. The summed E-state index contributed by atoms with van der Waals surface area (Å²) in [5.41, 5.74) is 6.35. The molecule has 0 aliphatic carbocycles. The summed E-state index contributed by atoms with van der Waals surface area (Å²) in [5.74, 6) is 0.248. The SMILES string of the molecule is Nc1[nH]ncc1-c1c(O)cccc1O. The standard InChI is InChI=1S/C9H9N3O2/c10-9-5(4-11-12-9)8-6(13)2-1-3-7(8)14/h1-4,13-14H,(H3,10,11,12). The van der Waals surface area contributed by atoms with Gasteiger partial charge in [-0.2, -0.15) is 5.10 Å². The number of hydrogen-bond donors (Lipinski definition) is 4. The fourth-order valence-electron chi connectivity index (χ4n) is 1.30. The van der Waals surface area contributed by atoms with E-state index in [2.05, 4.69) is 10.2 Å². The van der Waals surface area contributed by atoms with Crippen molar-refractivity contribution in [2.24, 2.45) is 0 Å². The third-order valence-corrected chi connectivity index (χ3v) is 1.96. The van der Waals surface area contributed by atoms with E-state index in [0.29, 0.717) is 16.9 Å². The van der Waals surface area contributed by atoms with Gasteiger partial charge in [0.1, 0.15) is 17.3 Å². The predicted molar refractivity (Wildman–Crippen MR) is 51.8 cm³/mol. The van der Waals surface area contributed by atoms with Gasteiger partial charge in [-0.3, -0.25) is 5.10 Å². The van der Waals surface area contributed by atoms with Crippen LogP contribution in [-0.2, 0) is 0 Å². The molecular weight excluding hydrogens is 182 g/mol. The molecule has 72 valence electrons. The van der Waals surface area contributed by atoms with Gasteiger partial charge in [0.25, 0.3) is 0 Å². The summed E-state index contributed by atoms with van der Waals surface area (Å²) in [6, 6.07) is 4.49. The number of hydrogen-bond acceptors (Lipinski definition) is 4. The number of phenols is 2. The number of nitrogens with two attached hydrogens (primary N) is 1. The zero-order valence-electron chi connectivity index (χ0n) is 7.23. The number of anilines is 1. The Labute approximate surface area is 79.8 Å². The maximum atomic E-state index is 9.53. The van der Waals surface area contributed by atoms with E-state index in [1.165, 1.54) is 18.3 Å². The fraction of sp³-hybridized carbons (Fsp3) is 0. The highest BCUT2D eigenvalue weighted by atomic mass is 16.3. The van der Waals surface area contributed by atoms with Gasteiger partial charge < -0.3 is 15.9 Å². The number of aromatic amines is 1. The summed E-state index contributed by atoms with van der Waals surface area (Å²) in [4.78, 5) is 0. The highest BCUT2D eigenvalue weighted by Gasteiger charge is 2.13. The van der Waals surface area contributed by atoms with Crippen LogP contribution in [0, 0.1) is 0 Å². The molecule has 1 aromatic carbocycles. The van der Waals surface area contributed by atoms with E-state index in [1.54, 1.807) is 6.07 Å². The van der Waals surface area contributed by atoms with Gasteiger partial charge in [0.2, 0.25) is 0 Å². The molecule has 0 amide bonds. The highest BCUT2D eigenvalue weighted by Crippen LogP contribution is 2.38. The summed E-state index contributed by atoms with van der Waals surface area (Å²) in [7, 11) is 0. The third-order valence-electron chi connectivity index (χ3n) is 1.96. The van der Waals surface area contributed by atoms with E-state index >= 15 is 0 Å². The van der Waals surface area contributed by atoms with Crippen molar-refractivity contribution in [3.05, 3.63) is 24.4 Å². The van der Waals surface area contributed by atoms with Crippen LogP contribution in [-0.4, -0.2) is 20.4 Å². The quantitative estimate of drug-likeness (QED) is 0.542. The Hall–Kier alpha value is -2.17. The van der Waals surface area contributed by atoms with E-state index < -0.39 is 0 Å². The number of nitrogen functional groups attached to an aromatic ring is 1. The highest BCUT2D eigenvalue weighted by molar-refractivity contribution is 5.82. The van der Waals surface area contributed by atoms with E-state index in [4.69, 9.17) is 5.73 Å². The molecule has 0 atom stereocenters. The van der Waals surface area contributed by atoms with Crippen LogP contribution >= 0.6 is 0 Å². The Kier molecular flexibility index (Phi) is 1.78.